The fourth-order valence-electron chi connectivity index (χ4n) is 1.58. The lowest BCUT2D eigenvalue weighted by molar-refractivity contribution is 0.109. The molecular weight excluding hydrogens is 200 g/mol. The normalized spacial score (nSPS) is 10.9. The van der Waals surface area contributed by atoms with Crippen LogP contribution in [0.15, 0.2) is 24.5 Å². The lowest BCUT2D eigenvalue weighted by atomic mass is 10.2. The molecule has 1 aromatic heterocycles. The summed E-state index contributed by atoms with van der Waals surface area (Å²) >= 11 is 0. The van der Waals surface area contributed by atoms with Crippen LogP contribution in [0.25, 0.3) is 0 Å². The van der Waals surface area contributed by atoms with Crippen molar-refractivity contribution < 1.29 is 4.74 Å². The van der Waals surface area contributed by atoms with Gasteiger partial charge in [0.1, 0.15) is 0 Å². The SMILES string of the molecule is CCN(CC)CCOCCc1ccncc1. The first-order valence-corrected chi connectivity index (χ1v) is 6.05. The minimum Gasteiger partial charge on any atom is -0.380 e. The van der Waals surface area contributed by atoms with Gasteiger partial charge in [0.2, 0.25) is 0 Å². The summed E-state index contributed by atoms with van der Waals surface area (Å²) in [5.41, 5.74) is 1.29. The van der Waals surface area contributed by atoms with Crippen LogP contribution in [0.3, 0.4) is 0 Å². The largest absolute Gasteiger partial charge is 0.380 e. The van der Waals surface area contributed by atoms with E-state index in [1.54, 1.807) is 0 Å². The van der Waals surface area contributed by atoms with Crippen LogP contribution >= 0.6 is 0 Å². The van der Waals surface area contributed by atoms with Crippen LogP contribution in [0.1, 0.15) is 19.4 Å². The molecular formula is C13H22N2O. The van der Waals surface area contributed by atoms with Crippen molar-refractivity contribution in [1.82, 2.24) is 9.88 Å². The summed E-state index contributed by atoms with van der Waals surface area (Å²) in [7, 11) is 0. The minimum atomic E-state index is 0.797. The average Bonchev–Trinajstić information content (AvgIpc) is 2.35. The monoisotopic (exact) mass is 222 g/mol. The number of aromatic nitrogens is 1. The third-order valence-electron chi connectivity index (χ3n) is 2.73. The molecule has 1 aromatic rings. The fraction of sp³-hybridized carbons (Fsp3) is 0.615. The Kier molecular flexibility index (Phi) is 6.77. The van der Waals surface area contributed by atoms with Crippen molar-refractivity contribution in [2.45, 2.75) is 20.3 Å². The van der Waals surface area contributed by atoms with Gasteiger partial charge < -0.3 is 9.64 Å². The molecule has 0 unspecified atom stereocenters. The Balaban J connectivity index is 2.04. The number of rotatable bonds is 8. The summed E-state index contributed by atoms with van der Waals surface area (Å²) in [5.74, 6) is 0. The van der Waals surface area contributed by atoms with E-state index in [1.807, 2.05) is 24.5 Å². The highest BCUT2D eigenvalue weighted by molar-refractivity contribution is 5.09. The van der Waals surface area contributed by atoms with Crippen molar-refractivity contribution >= 4 is 0 Å². The van der Waals surface area contributed by atoms with Gasteiger partial charge in [0.05, 0.1) is 13.2 Å². The van der Waals surface area contributed by atoms with Gasteiger partial charge in [0.15, 0.2) is 0 Å². The topological polar surface area (TPSA) is 25.4 Å². The van der Waals surface area contributed by atoms with E-state index in [0.29, 0.717) is 0 Å². The Labute approximate surface area is 98.4 Å². The fourth-order valence-corrected chi connectivity index (χ4v) is 1.58. The summed E-state index contributed by atoms with van der Waals surface area (Å²) in [6.45, 7) is 9.22. The number of likely N-dealkylation sites (N-methyl/N-ethyl adjacent to an activating group) is 1. The van der Waals surface area contributed by atoms with E-state index in [1.165, 1.54) is 5.56 Å². The second kappa shape index (κ2) is 8.25. The molecule has 1 heterocycles. The number of ether oxygens (including phenoxy) is 1. The zero-order valence-electron chi connectivity index (χ0n) is 10.4. The molecule has 0 radical (unpaired) electrons. The summed E-state index contributed by atoms with van der Waals surface area (Å²) in [4.78, 5) is 6.36. The van der Waals surface area contributed by atoms with Gasteiger partial charge in [-0.25, -0.2) is 0 Å². The second-order valence-corrected chi connectivity index (χ2v) is 3.74. The molecule has 0 saturated heterocycles. The lowest BCUT2D eigenvalue weighted by Gasteiger charge is -2.17. The van der Waals surface area contributed by atoms with Gasteiger partial charge in [-0.3, -0.25) is 4.98 Å². The molecule has 3 heteroatoms. The highest BCUT2D eigenvalue weighted by Crippen LogP contribution is 1.97. The molecule has 90 valence electrons. The zero-order chi connectivity index (χ0) is 11.6. The van der Waals surface area contributed by atoms with Gasteiger partial charge in [-0.05, 0) is 37.2 Å². The molecule has 0 N–H and O–H groups in total. The lowest BCUT2D eigenvalue weighted by Crippen LogP contribution is -2.27. The molecule has 0 aliphatic rings. The predicted molar refractivity (Wildman–Crippen MR) is 66.5 cm³/mol. The van der Waals surface area contributed by atoms with Gasteiger partial charge in [0, 0.05) is 18.9 Å². The Morgan fingerprint density at radius 3 is 2.44 bits per heavy atom. The van der Waals surface area contributed by atoms with Crippen LogP contribution in [-0.4, -0.2) is 42.7 Å². The van der Waals surface area contributed by atoms with Gasteiger partial charge in [0.25, 0.3) is 0 Å². The highest BCUT2D eigenvalue weighted by Gasteiger charge is 1.98. The van der Waals surface area contributed by atoms with Crippen LogP contribution in [-0.2, 0) is 11.2 Å². The molecule has 0 aliphatic heterocycles. The van der Waals surface area contributed by atoms with Crippen molar-refractivity contribution in [2.75, 3.05) is 32.8 Å². The third kappa shape index (κ3) is 5.24. The molecule has 1 rings (SSSR count). The molecule has 0 bridgehead atoms. The van der Waals surface area contributed by atoms with E-state index in [0.717, 1.165) is 39.3 Å². The second-order valence-electron chi connectivity index (χ2n) is 3.74. The van der Waals surface area contributed by atoms with E-state index in [9.17, 15) is 0 Å². The van der Waals surface area contributed by atoms with E-state index in [-0.39, 0.29) is 0 Å². The average molecular weight is 222 g/mol. The van der Waals surface area contributed by atoms with Crippen molar-refractivity contribution in [3.05, 3.63) is 30.1 Å². The van der Waals surface area contributed by atoms with Crippen molar-refractivity contribution in [1.29, 1.82) is 0 Å². The van der Waals surface area contributed by atoms with Crippen LogP contribution < -0.4 is 0 Å². The standard InChI is InChI=1S/C13H22N2O/c1-3-15(4-2)10-12-16-11-7-13-5-8-14-9-6-13/h5-6,8-9H,3-4,7,10-12H2,1-2H3. The zero-order valence-corrected chi connectivity index (χ0v) is 10.4. The van der Waals surface area contributed by atoms with Crippen molar-refractivity contribution in [3.63, 3.8) is 0 Å². The maximum atomic E-state index is 5.61. The Morgan fingerprint density at radius 2 is 1.81 bits per heavy atom. The van der Waals surface area contributed by atoms with Crippen LogP contribution in [0.5, 0.6) is 0 Å². The van der Waals surface area contributed by atoms with Gasteiger partial charge in [-0.1, -0.05) is 13.8 Å². The summed E-state index contributed by atoms with van der Waals surface area (Å²) in [5, 5.41) is 0. The maximum absolute atomic E-state index is 5.61. The van der Waals surface area contributed by atoms with E-state index < -0.39 is 0 Å². The minimum absolute atomic E-state index is 0.797. The van der Waals surface area contributed by atoms with Crippen LogP contribution in [0.2, 0.25) is 0 Å². The number of nitrogens with zero attached hydrogens (tertiary/aromatic N) is 2. The summed E-state index contributed by atoms with van der Waals surface area (Å²) < 4.78 is 5.61. The smallest absolute Gasteiger partial charge is 0.0593 e. The summed E-state index contributed by atoms with van der Waals surface area (Å²) in [6, 6.07) is 4.07. The molecule has 0 fully saturated rings. The van der Waals surface area contributed by atoms with Gasteiger partial charge in [-0.15, -0.1) is 0 Å². The highest BCUT2D eigenvalue weighted by atomic mass is 16.5. The van der Waals surface area contributed by atoms with Gasteiger partial charge in [-0.2, -0.15) is 0 Å². The number of hydrogen-bond donors (Lipinski definition) is 0. The third-order valence-corrected chi connectivity index (χ3v) is 2.73. The molecule has 0 aliphatic carbocycles. The van der Waals surface area contributed by atoms with E-state index in [2.05, 4.69) is 23.7 Å². The first-order chi connectivity index (χ1) is 7.86. The van der Waals surface area contributed by atoms with Gasteiger partial charge >= 0.3 is 0 Å². The number of hydrogen-bond acceptors (Lipinski definition) is 3. The van der Waals surface area contributed by atoms with Crippen molar-refractivity contribution in [2.24, 2.45) is 0 Å². The predicted octanol–water partition coefficient (Wildman–Crippen LogP) is 1.98. The Hall–Kier alpha value is -0.930. The quantitative estimate of drug-likeness (QED) is 0.629. The van der Waals surface area contributed by atoms with E-state index in [4.69, 9.17) is 4.74 Å². The molecule has 0 amide bonds. The molecule has 0 spiro atoms. The first-order valence-electron chi connectivity index (χ1n) is 6.05. The molecule has 0 atom stereocenters. The van der Waals surface area contributed by atoms with Crippen LogP contribution in [0.4, 0.5) is 0 Å². The Bertz CT molecular complexity index is 260. The molecule has 3 nitrogen and oxygen atoms in total. The maximum Gasteiger partial charge on any atom is 0.0593 e. The van der Waals surface area contributed by atoms with Crippen LogP contribution in [0, 0.1) is 0 Å². The summed E-state index contributed by atoms with van der Waals surface area (Å²) in [6.07, 6.45) is 4.62. The number of pyridine rings is 1. The van der Waals surface area contributed by atoms with Crippen molar-refractivity contribution in [3.8, 4) is 0 Å². The Morgan fingerprint density at radius 1 is 1.12 bits per heavy atom. The first kappa shape index (κ1) is 13.1. The van der Waals surface area contributed by atoms with E-state index >= 15 is 0 Å². The molecule has 16 heavy (non-hydrogen) atoms. The molecule has 0 aromatic carbocycles. The molecule has 0 saturated carbocycles.